The lowest BCUT2D eigenvalue weighted by molar-refractivity contribution is -0.121. The summed E-state index contributed by atoms with van der Waals surface area (Å²) in [5.41, 5.74) is 1.88. The molecule has 1 saturated heterocycles. The minimum absolute atomic E-state index is 0.0735. The van der Waals surface area contributed by atoms with E-state index in [1.165, 1.54) is 44.2 Å². The fraction of sp³-hybridized carbons (Fsp3) is 0.520. The van der Waals surface area contributed by atoms with Crippen LogP contribution in [-0.4, -0.2) is 56.3 Å². The molecule has 33 heavy (non-hydrogen) atoms. The minimum atomic E-state index is 0.0735. The van der Waals surface area contributed by atoms with Gasteiger partial charge in [-0.3, -0.25) is 4.79 Å². The summed E-state index contributed by atoms with van der Waals surface area (Å²) in [6, 6.07) is 14.8. The molecule has 1 atom stereocenters. The van der Waals surface area contributed by atoms with Gasteiger partial charge in [-0.1, -0.05) is 43.2 Å². The summed E-state index contributed by atoms with van der Waals surface area (Å²) < 4.78 is 1.73. The van der Waals surface area contributed by atoms with E-state index < -0.39 is 0 Å². The van der Waals surface area contributed by atoms with Crippen molar-refractivity contribution in [2.45, 2.75) is 57.5 Å². The Labute approximate surface area is 194 Å². The molecule has 0 unspecified atom stereocenters. The Morgan fingerprint density at radius 3 is 2.73 bits per heavy atom. The first kappa shape index (κ1) is 21.8. The summed E-state index contributed by atoms with van der Waals surface area (Å²) in [4.78, 5) is 15.1. The Morgan fingerprint density at radius 1 is 1.03 bits per heavy atom. The number of carbonyl (C=O) groups is 1. The largest absolute Gasteiger partial charge is 0.365 e. The minimum Gasteiger partial charge on any atom is -0.365 e. The molecule has 0 bridgehead atoms. The van der Waals surface area contributed by atoms with Crippen LogP contribution in [0, 0.1) is 5.92 Å². The van der Waals surface area contributed by atoms with Crippen LogP contribution < -0.4 is 10.6 Å². The van der Waals surface area contributed by atoms with Crippen molar-refractivity contribution < 1.29 is 4.79 Å². The fourth-order valence-electron chi connectivity index (χ4n) is 5.07. The molecule has 0 spiro atoms. The van der Waals surface area contributed by atoms with Crippen LogP contribution in [0.15, 0.2) is 42.5 Å². The third kappa shape index (κ3) is 5.50. The van der Waals surface area contributed by atoms with Crippen molar-refractivity contribution >= 4 is 17.4 Å². The zero-order chi connectivity index (χ0) is 22.5. The number of aromatic nitrogens is 4. The third-order valence-corrected chi connectivity index (χ3v) is 6.97. The molecular formula is C25H33N7O. The highest BCUT2D eigenvalue weighted by Gasteiger charge is 2.29. The first-order chi connectivity index (χ1) is 16.2. The highest BCUT2D eigenvalue weighted by atomic mass is 16.1. The van der Waals surface area contributed by atoms with Crippen molar-refractivity contribution in [1.82, 2.24) is 30.0 Å². The molecule has 2 aromatic heterocycles. The van der Waals surface area contributed by atoms with Crippen molar-refractivity contribution in [2.24, 2.45) is 5.92 Å². The van der Waals surface area contributed by atoms with Gasteiger partial charge in [0.15, 0.2) is 11.5 Å². The molecule has 2 fully saturated rings. The van der Waals surface area contributed by atoms with E-state index in [9.17, 15) is 4.79 Å². The number of benzene rings is 1. The predicted octanol–water partition coefficient (Wildman–Crippen LogP) is 3.05. The van der Waals surface area contributed by atoms with E-state index in [-0.39, 0.29) is 5.91 Å². The molecule has 3 heterocycles. The molecule has 5 rings (SSSR count). The van der Waals surface area contributed by atoms with Crippen LogP contribution in [0.3, 0.4) is 0 Å². The summed E-state index contributed by atoms with van der Waals surface area (Å²) in [7, 11) is 0. The van der Waals surface area contributed by atoms with Crippen molar-refractivity contribution in [1.29, 1.82) is 0 Å². The molecule has 8 nitrogen and oxygen atoms in total. The molecule has 2 N–H and O–H groups in total. The Bertz CT molecular complexity index is 1060. The first-order valence-corrected chi connectivity index (χ1v) is 12.2. The van der Waals surface area contributed by atoms with Gasteiger partial charge in [-0.15, -0.1) is 15.3 Å². The molecule has 1 amide bonds. The van der Waals surface area contributed by atoms with Gasteiger partial charge < -0.3 is 15.5 Å². The van der Waals surface area contributed by atoms with Gasteiger partial charge in [0.2, 0.25) is 5.91 Å². The molecule has 2 aliphatic rings. The van der Waals surface area contributed by atoms with Crippen molar-refractivity contribution in [3.8, 4) is 0 Å². The van der Waals surface area contributed by atoms with E-state index in [1.807, 2.05) is 30.3 Å². The maximum Gasteiger partial charge on any atom is 0.220 e. The summed E-state index contributed by atoms with van der Waals surface area (Å²) >= 11 is 0. The van der Waals surface area contributed by atoms with Crippen LogP contribution in [0.25, 0.3) is 5.65 Å². The summed E-state index contributed by atoms with van der Waals surface area (Å²) in [6.45, 7) is 3.78. The Balaban J connectivity index is 1.10. The Kier molecular flexibility index (Phi) is 6.81. The highest BCUT2D eigenvalue weighted by Crippen LogP contribution is 2.28. The molecule has 0 radical (unpaired) electrons. The van der Waals surface area contributed by atoms with Crippen LogP contribution in [0.4, 0.5) is 5.82 Å². The van der Waals surface area contributed by atoms with Crippen LogP contribution in [-0.2, 0) is 17.8 Å². The maximum absolute atomic E-state index is 12.5. The smallest absolute Gasteiger partial charge is 0.220 e. The molecule has 1 aliphatic heterocycles. The van der Waals surface area contributed by atoms with Crippen LogP contribution in [0.1, 0.15) is 49.9 Å². The standard InChI is InChI=1S/C25H33N7O/c33-25(27-17-20-14-15-31(18-20)21-8-4-5-9-21)13-12-24-29-28-23-11-10-22(30-32(23)24)26-16-19-6-2-1-3-7-19/h1-3,6-7,10-11,20-21H,4-5,8-9,12-18H2,(H,26,30)(H,27,33)/t20-/m1/s1. The number of aryl methyl sites for hydroxylation is 1. The number of fused-ring (bicyclic) bond motifs is 1. The van der Waals surface area contributed by atoms with Crippen LogP contribution in [0.5, 0.6) is 0 Å². The van der Waals surface area contributed by atoms with Gasteiger partial charge >= 0.3 is 0 Å². The molecular weight excluding hydrogens is 414 g/mol. The lowest BCUT2D eigenvalue weighted by Crippen LogP contribution is -2.34. The zero-order valence-electron chi connectivity index (χ0n) is 19.1. The lowest BCUT2D eigenvalue weighted by Gasteiger charge is -2.23. The molecule has 3 aromatic rings. The second-order valence-electron chi connectivity index (χ2n) is 9.34. The number of amides is 1. The highest BCUT2D eigenvalue weighted by molar-refractivity contribution is 5.76. The maximum atomic E-state index is 12.5. The Hall–Kier alpha value is -3.00. The van der Waals surface area contributed by atoms with Crippen LogP contribution >= 0.6 is 0 Å². The average Bonchev–Trinajstić information content (AvgIpc) is 3.61. The van der Waals surface area contributed by atoms with E-state index in [4.69, 9.17) is 0 Å². The quantitative estimate of drug-likeness (QED) is 0.524. The van der Waals surface area contributed by atoms with Gasteiger partial charge in [-0.25, -0.2) is 0 Å². The number of likely N-dealkylation sites (tertiary alicyclic amines) is 1. The number of rotatable bonds is 9. The predicted molar refractivity (Wildman–Crippen MR) is 128 cm³/mol. The molecule has 1 aromatic carbocycles. The van der Waals surface area contributed by atoms with E-state index in [0.717, 1.165) is 24.9 Å². The third-order valence-electron chi connectivity index (χ3n) is 6.97. The van der Waals surface area contributed by atoms with Gasteiger partial charge in [-0.05, 0) is 49.4 Å². The van der Waals surface area contributed by atoms with Gasteiger partial charge in [0.05, 0.1) is 0 Å². The normalized spacial score (nSPS) is 19.3. The summed E-state index contributed by atoms with van der Waals surface area (Å²) in [6.07, 6.45) is 7.54. The average molecular weight is 448 g/mol. The van der Waals surface area contributed by atoms with Crippen molar-refractivity contribution in [2.75, 3.05) is 25.0 Å². The van der Waals surface area contributed by atoms with Crippen molar-refractivity contribution in [3.63, 3.8) is 0 Å². The fourth-order valence-corrected chi connectivity index (χ4v) is 5.07. The summed E-state index contributed by atoms with van der Waals surface area (Å²) in [5.74, 6) is 2.11. The van der Waals surface area contributed by atoms with Gasteiger partial charge in [0, 0.05) is 38.5 Å². The molecule has 8 heteroatoms. The molecule has 1 saturated carbocycles. The van der Waals surface area contributed by atoms with Crippen molar-refractivity contribution in [3.05, 3.63) is 53.9 Å². The van der Waals surface area contributed by atoms with E-state index in [0.29, 0.717) is 36.8 Å². The SMILES string of the molecule is O=C(CCc1nnc2ccc(NCc3ccccc3)nn12)NC[C@H]1CCN(C2CCCC2)C1. The zero-order valence-corrected chi connectivity index (χ0v) is 19.1. The molecule has 1 aliphatic carbocycles. The second kappa shape index (κ2) is 10.3. The van der Waals surface area contributed by atoms with E-state index in [2.05, 4.69) is 43.0 Å². The molecule has 174 valence electrons. The van der Waals surface area contributed by atoms with E-state index in [1.54, 1.807) is 4.52 Å². The first-order valence-electron chi connectivity index (χ1n) is 12.2. The van der Waals surface area contributed by atoms with Crippen LogP contribution in [0.2, 0.25) is 0 Å². The van der Waals surface area contributed by atoms with E-state index >= 15 is 0 Å². The number of nitrogens with zero attached hydrogens (tertiary/aromatic N) is 5. The number of nitrogens with one attached hydrogen (secondary N) is 2. The monoisotopic (exact) mass is 447 g/mol. The Morgan fingerprint density at radius 2 is 1.88 bits per heavy atom. The summed E-state index contributed by atoms with van der Waals surface area (Å²) in [5, 5.41) is 19.6. The van der Waals surface area contributed by atoms with Gasteiger partial charge in [-0.2, -0.15) is 4.52 Å². The number of hydrogen-bond acceptors (Lipinski definition) is 6. The number of anilines is 1. The van der Waals surface area contributed by atoms with Gasteiger partial charge in [0.1, 0.15) is 5.82 Å². The number of hydrogen-bond donors (Lipinski definition) is 2. The van der Waals surface area contributed by atoms with Gasteiger partial charge in [0.25, 0.3) is 0 Å². The topological polar surface area (TPSA) is 87.5 Å². The lowest BCUT2D eigenvalue weighted by atomic mass is 10.1. The number of carbonyl (C=O) groups excluding carboxylic acids is 1. The second-order valence-corrected chi connectivity index (χ2v) is 9.34.